The molecule has 0 saturated carbocycles. The first-order valence-electron chi connectivity index (χ1n) is 6.18. The van der Waals surface area contributed by atoms with Gasteiger partial charge in [0.25, 0.3) is 0 Å². The van der Waals surface area contributed by atoms with Crippen LogP contribution in [0.25, 0.3) is 0 Å². The number of carbonyl (C=O) groups excluding carboxylic acids is 2. The van der Waals surface area contributed by atoms with E-state index >= 15 is 0 Å². The molecule has 0 N–H and O–H groups in total. The molecule has 0 aliphatic carbocycles. The summed E-state index contributed by atoms with van der Waals surface area (Å²) < 4.78 is 4.45. The van der Waals surface area contributed by atoms with Gasteiger partial charge < -0.3 is 4.74 Å². The van der Waals surface area contributed by atoms with Gasteiger partial charge in [0, 0.05) is 32.0 Å². The zero-order chi connectivity index (χ0) is 12.9. The number of hydrogen-bond donors (Lipinski definition) is 0. The molecule has 0 rings (SSSR count). The Kier molecular flexibility index (Phi) is 15.6. The summed E-state index contributed by atoms with van der Waals surface area (Å²) in [6, 6.07) is 0. The van der Waals surface area contributed by atoms with Crippen molar-refractivity contribution in [1.82, 2.24) is 0 Å². The molecular weight excluding hydrogens is 282 g/mol. The van der Waals surface area contributed by atoms with Crippen molar-refractivity contribution in [3.8, 4) is 0 Å². The maximum absolute atomic E-state index is 11.1. The summed E-state index contributed by atoms with van der Waals surface area (Å²) in [7, 11) is 0. The minimum Gasteiger partial charge on any atom is -0.390 e. The van der Waals surface area contributed by atoms with E-state index in [4.69, 9.17) is 0 Å². The Bertz CT molecular complexity index is 262. The molecule has 0 atom stereocenters. The van der Waals surface area contributed by atoms with Gasteiger partial charge in [0.05, 0.1) is 0 Å². The quantitative estimate of drug-likeness (QED) is 0.155. The molecule has 18 heavy (non-hydrogen) atoms. The number of carbonyl (C=O) groups is 2. The van der Waals surface area contributed by atoms with Gasteiger partial charge in [-0.1, -0.05) is 38.3 Å². The van der Waals surface area contributed by atoms with Gasteiger partial charge in [0.15, 0.2) is 0 Å². The summed E-state index contributed by atoms with van der Waals surface area (Å²) in [6.07, 6.45) is 10.8. The molecule has 0 aliphatic heterocycles. The first kappa shape index (κ1) is 19.6. The second-order valence-corrected chi connectivity index (χ2v) is 3.95. The van der Waals surface area contributed by atoms with Crippen LogP contribution < -0.4 is 0 Å². The summed E-state index contributed by atoms with van der Waals surface area (Å²) >= 11 is 0. The van der Waals surface area contributed by atoms with Crippen LogP contribution in [0.5, 0.6) is 0 Å². The Morgan fingerprint density at radius 2 is 1.50 bits per heavy atom. The molecule has 0 amide bonds. The van der Waals surface area contributed by atoms with Gasteiger partial charge in [0.1, 0.15) is 0 Å². The fourth-order valence-electron chi connectivity index (χ4n) is 1.47. The molecular formula is C14H22O3Zn. The Balaban J connectivity index is 0. The summed E-state index contributed by atoms with van der Waals surface area (Å²) in [5, 5.41) is 0. The molecule has 3 nitrogen and oxygen atoms in total. The molecule has 0 saturated heterocycles. The van der Waals surface area contributed by atoms with Crippen molar-refractivity contribution in [2.45, 2.75) is 51.4 Å². The van der Waals surface area contributed by atoms with Gasteiger partial charge in [-0.25, -0.2) is 4.79 Å². The van der Waals surface area contributed by atoms with Crippen molar-refractivity contribution in [3.63, 3.8) is 0 Å². The van der Waals surface area contributed by atoms with Crippen LogP contribution in [0.15, 0.2) is 25.3 Å². The van der Waals surface area contributed by atoms with Crippen LogP contribution >= 0.6 is 0 Å². The van der Waals surface area contributed by atoms with Crippen LogP contribution in [0.4, 0.5) is 0 Å². The van der Waals surface area contributed by atoms with E-state index in [1.54, 1.807) is 0 Å². The van der Waals surface area contributed by atoms with Gasteiger partial charge >= 0.3 is 11.9 Å². The fourth-order valence-corrected chi connectivity index (χ4v) is 1.47. The maximum atomic E-state index is 11.1. The van der Waals surface area contributed by atoms with Gasteiger partial charge in [-0.15, -0.1) is 6.58 Å². The average molecular weight is 304 g/mol. The number of esters is 2. The molecule has 0 aliphatic rings. The van der Waals surface area contributed by atoms with Crippen LogP contribution in [0.2, 0.25) is 0 Å². The molecule has 0 fully saturated rings. The smallest absolute Gasteiger partial charge is 0.337 e. The Hall–Kier alpha value is -0.757. The predicted octanol–water partition coefficient (Wildman–Crippen LogP) is 3.55. The zero-order valence-corrected chi connectivity index (χ0v) is 14.1. The Morgan fingerprint density at radius 1 is 0.944 bits per heavy atom. The Morgan fingerprint density at radius 3 is 2.06 bits per heavy atom. The molecule has 98 valence electrons. The average Bonchev–Trinajstić information content (AvgIpc) is 2.32. The molecule has 0 radical (unpaired) electrons. The van der Waals surface area contributed by atoms with E-state index in [2.05, 4.69) is 17.9 Å². The van der Waals surface area contributed by atoms with E-state index < -0.39 is 11.9 Å². The minimum absolute atomic E-state index is 0. The molecule has 0 aromatic rings. The van der Waals surface area contributed by atoms with Crippen LogP contribution in [-0.2, 0) is 33.8 Å². The third kappa shape index (κ3) is 13.3. The third-order valence-electron chi connectivity index (χ3n) is 2.42. The molecule has 0 bridgehead atoms. The van der Waals surface area contributed by atoms with Gasteiger partial charge in [-0.3, -0.25) is 4.79 Å². The van der Waals surface area contributed by atoms with E-state index in [1.807, 2.05) is 6.08 Å². The SMILES string of the molecule is C=CCCCCCCCCC(=O)OC(=O)C=C.[Zn]. The van der Waals surface area contributed by atoms with E-state index in [9.17, 15) is 9.59 Å². The van der Waals surface area contributed by atoms with Gasteiger partial charge in [-0.2, -0.15) is 0 Å². The molecule has 4 heteroatoms. The summed E-state index contributed by atoms with van der Waals surface area (Å²) in [6.45, 7) is 6.90. The Labute approximate surface area is 122 Å². The molecule has 0 aromatic carbocycles. The monoisotopic (exact) mass is 302 g/mol. The van der Waals surface area contributed by atoms with E-state index in [0.717, 1.165) is 31.8 Å². The van der Waals surface area contributed by atoms with Crippen LogP contribution in [0.3, 0.4) is 0 Å². The maximum Gasteiger partial charge on any atom is 0.337 e. The normalized spacial score (nSPS) is 9.11. The predicted molar refractivity (Wildman–Crippen MR) is 68.4 cm³/mol. The van der Waals surface area contributed by atoms with E-state index in [1.165, 1.54) is 19.3 Å². The zero-order valence-electron chi connectivity index (χ0n) is 11.2. The first-order valence-corrected chi connectivity index (χ1v) is 6.18. The number of hydrogen-bond acceptors (Lipinski definition) is 3. The molecule has 0 spiro atoms. The van der Waals surface area contributed by atoms with Crippen molar-refractivity contribution in [1.29, 1.82) is 0 Å². The van der Waals surface area contributed by atoms with Crippen LogP contribution in [0, 0.1) is 0 Å². The number of unbranched alkanes of at least 4 members (excludes halogenated alkanes) is 6. The molecule has 0 aromatic heterocycles. The second-order valence-electron chi connectivity index (χ2n) is 3.95. The third-order valence-corrected chi connectivity index (χ3v) is 2.42. The van der Waals surface area contributed by atoms with Gasteiger partial charge in [0.2, 0.25) is 0 Å². The van der Waals surface area contributed by atoms with Crippen molar-refractivity contribution in [2.75, 3.05) is 0 Å². The summed E-state index contributed by atoms with van der Waals surface area (Å²) in [5.74, 6) is -1.12. The largest absolute Gasteiger partial charge is 0.390 e. The van der Waals surface area contributed by atoms with Crippen LogP contribution in [0.1, 0.15) is 51.4 Å². The molecule has 0 unspecified atom stereocenters. The first-order chi connectivity index (χ1) is 8.20. The van der Waals surface area contributed by atoms with E-state index in [-0.39, 0.29) is 19.5 Å². The van der Waals surface area contributed by atoms with Crippen molar-refractivity contribution in [3.05, 3.63) is 25.3 Å². The van der Waals surface area contributed by atoms with Crippen molar-refractivity contribution < 1.29 is 33.8 Å². The topological polar surface area (TPSA) is 43.4 Å². The fraction of sp³-hybridized carbons (Fsp3) is 0.571. The van der Waals surface area contributed by atoms with Gasteiger partial charge in [-0.05, 0) is 19.3 Å². The minimum atomic E-state index is -0.667. The summed E-state index contributed by atoms with van der Waals surface area (Å²) in [4.78, 5) is 21.8. The van der Waals surface area contributed by atoms with Crippen LogP contribution in [-0.4, -0.2) is 11.9 Å². The number of ether oxygens (including phenoxy) is 1. The molecule has 0 heterocycles. The van der Waals surface area contributed by atoms with Crippen molar-refractivity contribution in [2.24, 2.45) is 0 Å². The number of allylic oxidation sites excluding steroid dienone is 1. The summed E-state index contributed by atoms with van der Waals surface area (Å²) in [5.41, 5.74) is 0. The van der Waals surface area contributed by atoms with E-state index in [0.29, 0.717) is 6.42 Å². The second kappa shape index (κ2) is 14.3. The number of rotatable bonds is 10. The standard InChI is InChI=1S/C14H22O3.Zn/c1-3-5-6-7-8-9-10-11-12-14(16)17-13(15)4-2;/h3-4H,1-2,5-12H2;. The van der Waals surface area contributed by atoms with Crippen molar-refractivity contribution >= 4 is 11.9 Å².